The summed E-state index contributed by atoms with van der Waals surface area (Å²) in [5, 5.41) is 8.78. The molecule has 0 radical (unpaired) electrons. The van der Waals surface area contributed by atoms with Crippen molar-refractivity contribution >= 4 is 23.2 Å². The molecular weight excluding hydrogens is 310 g/mol. The molecule has 6 heteroatoms. The van der Waals surface area contributed by atoms with Crippen LogP contribution in [0.3, 0.4) is 0 Å². The Labute approximate surface area is 142 Å². The van der Waals surface area contributed by atoms with Crippen LogP contribution in [0.15, 0.2) is 5.38 Å². The average Bonchev–Trinajstić information content (AvgIpc) is 2.95. The zero-order valence-electron chi connectivity index (χ0n) is 14.3. The van der Waals surface area contributed by atoms with E-state index < -0.39 is 5.54 Å². The van der Waals surface area contributed by atoms with Crippen molar-refractivity contribution in [1.82, 2.24) is 15.6 Å². The lowest BCUT2D eigenvalue weighted by atomic mass is 9.87. The van der Waals surface area contributed by atoms with E-state index in [2.05, 4.69) is 16.0 Å². The molecule has 0 bridgehead atoms. The minimum atomic E-state index is -0.887. The number of amides is 2. The summed E-state index contributed by atoms with van der Waals surface area (Å²) in [6.45, 7) is 5.36. The monoisotopic (exact) mass is 337 g/mol. The third-order valence-corrected chi connectivity index (χ3v) is 5.20. The second kappa shape index (κ2) is 7.90. The fraction of sp³-hybridized carbons (Fsp3) is 0.706. The Bertz CT molecular complexity index is 548. The second-order valence-corrected chi connectivity index (χ2v) is 7.76. The Morgan fingerprint density at radius 2 is 2.00 bits per heavy atom. The molecule has 1 aromatic rings. The summed E-state index contributed by atoms with van der Waals surface area (Å²) in [6.07, 6.45) is 7.22. The molecule has 0 saturated heterocycles. The quantitative estimate of drug-likeness (QED) is 0.838. The Hall–Kier alpha value is -1.43. The average molecular weight is 337 g/mol. The SMILES string of the molecule is CC(=O)NC(C)(C)C(=O)NCCc1nc(C2CCCCC2)cs1. The molecule has 23 heavy (non-hydrogen) atoms. The predicted octanol–water partition coefficient (Wildman–Crippen LogP) is 2.76. The molecule has 1 saturated carbocycles. The fourth-order valence-corrected chi connectivity index (χ4v) is 3.91. The van der Waals surface area contributed by atoms with Crippen molar-refractivity contribution in [2.75, 3.05) is 6.54 Å². The maximum atomic E-state index is 12.1. The van der Waals surface area contributed by atoms with E-state index in [1.165, 1.54) is 44.7 Å². The molecular formula is C17H27N3O2S. The summed E-state index contributed by atoms with van der Waals surface area (Å²) in [5.41, 5.74) is 0.344. The van der Waals surface area contributed by atoms with Crippen LogP contribution in [0.5, 0.6) is 0 Å². The molecule has 1 fully saturated rings. The number of rotatable bonds is 6. The highest BCUT2D eigenvalue weighted by molar-refractivity contribution is 7.09. The third kappa shape index (κ3) is 5.30. The summed E-state index contributed by atoms with van der Waals surface area (Å²) in [5.74, 6) is 0.251. The van der Waals surface area contributed by atoms with Gasteiger partial charge in [0, 0.05) is 31.2 Å². The van der Waals surface area contributed by atoms with E-state index in [0.717, 1.165) is 11.4 Å². The molecule has 0 unspecified atom stereocenters. The van der Waals surface area contributed by atoms with E-state index in [9.17, 15) is 9.59 Å². The van der Waals surface area contributed by atoms with E-state index in [1.54, 1.807) is 25.2 Å². The first-order chi connectivity index (χ1) is 10.9. The van der Waals surface area contributed by atoms with Gasteiger partial charge in [0.15, 0.2) is 0 Å². The number of carbonyl (C=O) groups excluding carboxylic acids is 2. The van der Waals surface area contributed by atoms with Crippen LogP contribution in [-0.4, -0.2) is 28.9 Å². The summed E-state index contributed by atoms with van der Waals surface area (Å²) in [6, 6.07) is 0. The molecule has 2 N–H and O–H groups in total. The number of thiazole rings is 1. The lowest BCUT2D eigenvalue weighted by molar-refractivity contribution is -0.131. The molecule has 0 atom stereocenters. The minimum absolute atomic E-state index is 0.170. The molecule has 0 spiro atoms. The van der Waals surface area contributed by atoms with Gasteiger partial charge in [-0.15, -0.1) is 11.3 Å². The fourth-order valence-electron chi connectivity index (χ4n) is 3.03. The van der Waals surface area contributed by atoms with Crippen molar-refractivity contribution in [2.45, 2.75) is 70.8 Å². The van der Waals surface area contributed by atoms with Gasteiger partial charge in [0.05, 0.1) is 10.7 Å². The van der Waals surface area contributed by atoms with Crippen LogP contribution in [0, 0.1) is 0 Å². The number of hydrogen-bond acceptors (Lipinski definition) is 4. The van der Waals surface area contributed by atoms with Gasteiger partial charge in [-0.1, -0.05) is 19.3 Å². The largest absolute Gasteiger partial charge is 0.354 e. The van der Waals surface area contributed by atoms with Gasteiger partial charge in [0.2, 0.25) is 11.8 Å². The highest BCUT2D eigenvalue weighted by Gasteiger charge is 2.27. The van der Waals surface area contributed by atoms with Gasteiger partial charge in [-0.3, -0.25) is 9.59 Å². The number of hydrogen-bond donors (Lipinski definition) is 2. The molecule has 2 amide bonds. The van der Waals surface area contributed by atoms with E-state index >= 15 is 0 Å². The lowest BCUT2D eigenvalue weighted by Crippen LogP contribution is -2.54. The third-order valence-electron chi connectivity index (χ3n) is 4.27. The normalized spacial score (nSPS) is 16.1. The van der Waals surface area contributed by atoms with E-state index in [0.29, 0.717) is 12.5 Å². The molecule has 0 aliphatic heterocycles. The molecule has 1 aromatic heterocycles. The van der Waals surface area contributed by atoms with Crippen LogP contribution >= 0.6 is 11.3 Å². The number of carbonyl (C=O) groups is 2. The number of nitrogens with one attached hydrogen (secondary N) is 2. The highest BCUT2D eigenvalue weighted by atomic mass is 32.1. The predicted molar refractivity (Wildman–Crippen MR) is 92.5 cm³/mol. The van der Waals surface area contributed by atoms with Crippen molar-refractivity contribution in [3.8, 4) is 0 Å². The van der Waals surface area contributed by atoms with Crippen LogP contribution in [0.4, 0.5) is 0 Å². The topological polar surface area (TPSA) is 71.1 Å². The zero-order valence-corrected chi connectivity index (χ0v) is 15.1. The molecule has 0 aromatic carbocycles. The minimum Gasteiger partial charge on any atom is -0.354 e. The number of nitrogens with zero attached hydrogens (tertiary/aromatic N) is 1. The number of aromatic nitrogens is 1. The Kier molecular flexibility index (Phi) is 6.16. The van der Waals surface area contributed by atoms with E-state index in [1.807, 2.05) is 0 Å². The summed E-state index contributed by atoms with van der Waals surface area (Å²) >= 11 is 1.68. The Morgan fingerprint density at radius 3 is 2.65 bits per heavy atom. The van der Waals surface area contributed by atoms with Gasteiger partial charge in [-0.25, -0.2) is 4.98 Å². The first kappa shape index (κ1) is 17.9. The van der Waals surface area contributed by atoms with Gasteiger partial charge in [-0.2, -0.15) is 0 Å². The molecule has 1 heterocycles. The van der Waals surface area contributed by atoms with Crippen molar-refractivity contribution < 1.29 is 9.59 Å². The van der Waals surface area contributed by atoms with Crippen molar-refractivity contribution in [1.29, 1.82) is 0 Å². The molecule has 2 rings (SSSR count). The summed E-state index contributed by atoms with van der Waals surface area (Å²) < 4.78 is 0. The van der Waals surface area contributed by atoms with Crippen molar-refractivity contribution in [3.05, 3.63) is 16.1 Å². The maximum Gasteiger partial charge on any atom is 0.245 e. The highest BCUT2D eigenvalue weighted by Crippen LogP contribution is 2.33. The van der Waals surface area contributed by atoms with Crippen molar-refractivity contribution in [2.24, 2.45) is 0 Å². The van der Waals surface area contributed by atoms with Crippen LogP contribution in [-0.2, 0) is 16.0 Å². The molecule has 1 aliphatic rings. The van der Waals surface area contributed by atoms with Gasteiger partial charge < -0.3 is 10.6 Å². The first-order valence-electron chi connectivity index (χ1n) is 8.40. The second-order valence-electron chi connectivity index (χ2n) is 6.81. The molecule has 5 nitrogen and oxygen atoms in total. The smallest absolute Gasteiger partial charge is 0.245 e. The van der Waals surface area contributed by atoms with E-state index in [-0.39, 0.29) is 11.8 Å². The maximum absolute atomic E-state index is 12.1. The Morgan fingerprint density at radius 1 is 1.30 bits per heavy atom. The first-order valence-corrected chi connectivity index (χ1v) is 9.28. The lowest BCUT2D eigenvalue weighted by Gasteiger charge is -2.24. The van der Waals surface area contributed by atoms with E-state index in [4.69, 9.17) is 4.98 Å². The van der Waals surface area contributed by atoms with Gasteiger partial charge in [-0.05, 0) is 26.7 Å². The zero-order chi connectivity index (χ0) is 16.9. The van der Waals surface area contributed by atoms with Crippen LogP contribution in [0.2, 0.25) is 0 Å². The summed E-state index contributed by atoms with van der Waals surface area (Å²) in [7, 11) is 0. The van der Waals surface area contributed by atoms with Crippen LogP contribution < -0.4 is 10.6 Å². The van der Waals surface area contributed by atoms with Gasteiger partial charge in [0.1, 0.15) is 5.54 Å². The van der Waals surface area contributed by atoms with Crippen LogP contribution in [0.1, 0.15) is 69.5 Å². The van der Waals surface area contributed by atoms with Gasteiger partial charge in [0.25, 0.3) is 0 Å². The summed E-state index contributed by atoms with van der Waals surface area (Å²) in [4.78, 5) is 28.0. The standard InChI is InChI=1S/C17H27N3O2S/c1-12(21)20-17(2,3)16(22)18-10-9-15-19-14(11-23-15)13-7-5-4-6-8-13/h11,13H,4-10H2,1-3H3,(H,18,22)(H,20,21). The molecule has 1 aliphatic carbocycles. The Balaban J connectivity index is 1.79. The van der Waals surface area contributed by atoms with Gasteiger partial charge >= 0.3 is 0 Å². The molecule has 128 valence electrons. The van der Waals surface area contributed by atoms with Crippen LogP contribution in [0.25, 0.3) is 0 Å². The van der Waals surface area contributed by atoms with Crippen molar-refractivity contribution in [3.63, 3.8) is 0 Å².